The summed E-state index contributed by atoms with van der Waals surface area (Å²) in [6, 6.07) is 6.26. The fraction of sp³-hybridized carbons (Fsp3) is 0.125. The molecule has 0 fully saturated rings. The average molecular weight is 327 g/mol. The van der Waals surface area contributed by atoms with Crippen molar-refractivity contribution >= 4 is 27.2 Å². The predicted octanol–water partition coefficient (Wildman–Crippen LogP) is 3.61. The maximum absolute atomic E-state index is 12.7. The number of hydrogen-bond acceptors (Lipinski definition) is 5. The first-order valence-electron chi connectivity index (χ1n) is 6.83. The smallest absolute Gasteiger partial charge is 0.270 e. The van der Waals surface area contributed by atoms with Crippen molar-refractivity contribution in [1.29, 1.82) is 0 Å². The van der Waals surface area contributed by atoms with E-state index >= 15 is 0 Å². The third-order valence-electron chi connectivity index (χ3n) is 3.37. The van der Waals surface area contributed by atoms with Gasteiger partial charge in [-0.3, -0.25) is 19.5 Å². The van der Waals surface area contributed by atoms with Crippen molar-refractivity contribution in [1.82, 2.24) is 9.55 Å². The van der Waals surface area contributed by atoms with Crippen LogP contribution in [-0.2, 0) is 6.54 Å². The van der Waals surface area contributed by atoms with E-state index in [1.807, 2.05) is 12.3 Å². The van der Waals surface area contributed by atoms with Crippen molar-refractivity contribution in [2.45, 2.75) is 13.5 Å². The number of benzene rings is 1. The summed E-state index contributed by atoms with van der Waals surface area (Å²) >= 11 is 1.35. The van der Waals surface area contributed by atoms with Crippen LogP contribution in [0.15, 0.2) is 52.9 Å². The maximum atomic E-state index is 12.7. The molecule has 0 bridgehead atoms. The van der Waals surface area contributed by atoms with E-state index in [4.69, 9.17) is 0 Å². The molecule has 3 aromatic rings. The van der Waals surface area contributed by atoms with Crippen LogP contribution in [0.3, 0.4) is 0 Å². The monoisotopic (exact) mass is 327 g/mol. The molecule has 0 radical (unpaired) electrons. The Morgan fingerprint density at radius 2 is 2.26 bits per heavy atom. The molecule has 2 heterocycles. The molecular formula is C16H13N3O3S. The Balaban J connectivity index is 2.22. The Bertz CT molecular complexity index is 988. The van der Waals surface area contributed by atoms with Gasteiger partial charge in [0.1, 0.15) is 4.83 Å². The fourth-order valence-corrected chi connectivity index (χ4v) is 3.28. The molecule has 0 saturated heterocycles. The van der Waals surface area contributed by atoms with Crippen LogP contribution in [0.5, 0.6) is 0 Å². The van der Waals surface area contributed by atoms with Crippen LogP contribution in [0.4, 0.5) is 5.69 Å². The van der Waals surface area contributed by atoms with Crippen LogP contribution in [0.25, 0.3) is 21.3 Å². The number of hydrogen-bond donors (Lipinski definition) is 0. The van der Waals surface area contributed by atoms with Crippen molar-refractivity contribution in [3.8, 4) is 11.1 Å². The quantitative estimate of drug-likeness (QED) is 0.416. The van der Waals surface area contributed by atoms with Gasteiger partial charge in [0.15, 0.2) is 0 Å². The summed E-state index contributed by atoms with van der Waals surface area (Å²) in [5, 5.41) is 13.2. The molecule has 0 aliphatic heterocycles. The molecule has 6 nitrogen and oxygen atoms in total. The summed E-state index contributed by atoms with van der Waals surface area (Å²) in [4.78, 5) is 28.1. The van der Waals surface area contributed by atoms with Crippen molar-refractivity contribution in [3.63, 3.8) is 0 Å². The van der Waals surface area contributed by atoms with Crippen LogP contribution in [0.2, 0.25) is 0 Å². The zero-order valence-electron chi connectivity index (χ0n) is 12.4. The van der Waals surface area contributed by atoms with Crippen molar-refractivity contribution < 1.29 is 4.92 Å². The highest BCUT2D eigenvalue weighted by molar-refractivity contribution is 7.17. The molecule has 0 unspecified atom stereocenters. The lowest BCUT2D eigenvalue weighted by atomic mass is 10.1. The van der Waals surface area contributed by atoms with Gasteiger partial charge in [-0.2, -0.15) is 0 Å². The second kappa shape index (κ2) is 5.77. The van der Waals surface area contributed by atoms with E-state index in [-0.39, 0.29) is 11.2 Å². The van der Waals surface area contributed by atoms with Crippen LogP contribution in [-0.4, -0.2) is 14.5 Å². The molecule has 3 rings (SSSR count). The summed E-state index contributed by atoms with van der Waals surface area (Å²) < 4.78 is 1.50. The van der Waals surface area contributed by atoms with Crippen LogP contribution >= 0.6 is 11.3 Å². The summed E-state index contributed by atoms with van der Waals surface area (Å²) in [5.41, 5.74) is 1.98. The van der Waals surface area contributed by atoms with Gasteiger partial charge in [0.05, 0.1) is 16.6 Å². The van der Waals surface area contributed by atoms with E-state index in [1.54, 1.807) is 12.1 Å². The van der Waals surface area contributed by atoms with Crippen LogP contribution < -0.4 is 5.56 Å². The summed E-state index contributed by atoms with van der Waals surface area (Å²) in [5.74, 6) is 0. The second-order valence-corrected chi connectivity index (χ2v) is 6.13. The van der Waals surface area contributed by atoms with Gasteiger partial charge in [-0.25, -0.2) is 4.98 Å². The third-order valence-corrected chi connectivity index (χ3v) is 4.26. The first-order valence-corrected chi connectivity index (χ1v) is 7.71. The van der Waals surface area contributed by atoms with Crippen molar-refractivity contribution in [3.05, 3.63) is 68.6 Å². The van der Waals surface area contributed by atoms with E-state index in [0.29, 0.717) is 27.9 Å². The first-order chi connectivity index (χ1) is 11.0. The molecule has 7 heteroatoms. The Morgan fingerprint density at radius 3 is 2.96 bits per heavy atom. The number of non-ortho nitro benzene ring substituents is 1. The number of aromatic nitrogens is 2. The van der Waals surface area contributed by atoms with Gasteiger partial charge in [0.25, 0.3) is 11.2 Å². The Kier molecular flexibility index (Phi) is 3.79. The topological polar surface area (TPSA) is 78.0 Å². The number of allylic oxidation sites excluding steroid dienone is 1. The molecule has 0 amide bonds. The maximum Gasteiger partial charge on any atom is 0.270 e. The average Bonchev–Trinajstić information content (AvgIpc) is 2.94. The Morgan fingerprint density at radius 1 is 1.48 bits per heavy atom. The lowest BCUT2D eigenvalue weighted by Gasteiger charge is -2.05. The highest BCUT2D eigenvalue weighted by Gasteiger charge is 2.15. The molecule has 0 spiro atoms. The summed E-state index contributed by atoms with van der Waals surface area (Å²) in [6.07, 6.45) is 1.51. The van der Waals surface area contributed by atoms with Gasteiger partial charge in [0, 0.05) is 29.6 Å². The lowest BCUT2D eigenvalue weighted by Crippen LogP contribution is -2.20. The molecule has 23 heavy (non-hydrogen) atoms. The normalized spacial score (nSPS) is 10.8. The molecular weight excluding hydrogens is 314 g/mol. The minimum Gasteiger partial charge on any atom is -0.295 e. The minimum atomic E-state index is -0.449. The standard InChI is InChI=1S/C16H13N3O3S/c1-10(2)7-18-9-17-15-14(16(18)20)13(8-23-15)11-4-3-5-12(6-11)19(21)22/h3-6,8-9H,1,7H2,2H3. The largest absolute Gasteiger partial charge is 0.295 e. The fourth-order valence-electron chi connectivity index (χ4n) is 2.37. The molecule has 0 atom stereocenters. The van der Waals surface area contributed by atoms with E-state index in [0.717, 1.165) is 5.57 Å². The molecule has 1 aromatic carbocycles. The highest BCUT2D eigenvalue weighted by atomic mass is 32.1. The third kappa shape index (κ3) is 2.78. The van der Waals surface area contributed by atoms with E-state index in [9.17, 15) is 14.9 Å². The molecule has 0 aliphatic carbocycles. The number of rotatable bonds is 4. The zero-order valence-corrected chi connectivity index (χ0v) is 13.2. The van der Waals surface area contributed by atoms with Gasteiger partial charge in [-0.05, 0) is 12.5 Å². The highest BCUT2D eigenvalue weighted by Crippen LogP contribution is 2.32. The Hall–Kier alpha value is -2.80. The van der Waals surface area contributed by atoms with Crippen LogP contribution in [0.1, 0.15) is 6.92 Å². The molecule has 0 aliphatic rings. The van der Waals surface area contributed by atoms with Crippen molar-refractivity contribution in [2.75, 3.05) is 0 Å². The van der Waals surface area contributed by atoms with Gasteiger partial charge in [-0.1, -0.05) is 24.3 Å². The number of nitrogens with zero attached hydrogens (tertiary/aromatic N) is 3. The van der Waals surface area contributed by atoms with Crippen molar-refractivity contribution in [2.24, 2.45) is 0 Å². The molecule has 116 valence electrons. The number of thiophene rings is 1. The zero-order chi connectivity index (χ0) is 16.6. The number of nitro benzene ring substituents is 1. The number of nitro groups is 1. The summed E-state index contributed by atoms with van der Waals surface area (Å²) in [7, 11) is 0. The van der Waals surface area contributed by atoms with Gasteiger partial charge < -0.3 is 0 Å². The van der Waals surface area contributed by atoms with Crippen LogP contribution in [0, 0.1) is 10.1 Å². The van der Waals surface area contributed by atoms with Gasteiger partial charge in [-0.15, -0.1) is 11.3 Å². The predicted molar refractivity (Wildman–Crippen MR) is 90.8 cm³/mol. The van der Waals surface area contributed by atoms with E-state index in [2.05, 4.69) is 11.6 Å². The lowest BCUT2D eigenvalue weighted by molar-refractivity contribution is -0.384. The molecule has 0 N–H and O–H groups in total. The summed E-state index contributed by atoms with van der Waals surface area (Å²) in [6.45, 7) is 6.04. The first kappa shape index (κ1) is 15.1. The molecule has 0 saturated carbocycles. The minimum absolute atomic E-state index is 0.00648. The van der Waals surface area contributed by atoms with E-state index < -0.39 is 4.92 Å². The second-order valence-electron chi connectivity index (χ2n) is 5.27. The number of fused-ring (bicyclic) bond motifs is 1. The van der Waals surface area contributed by atoms with Gasteiger partial charge in [0.2, 0.25) is 0 Å². The van der Waals surface area contributed by atoms with Gasteiger partial charge >= 0.3 is 0 Å². The molecule has 2 aromatic heterocycles. The SMILES string of the molecule is C=C(C)Cn1cnc2scc(-c3cccc([N+](=O)[O-])c3)c2c1=O. The van der Waals surface area contributed by atoms with E-state index in [1.165, 1.54) is 34.4 Å². The Labute approximate surface area is 135 Å².